The number of benzene rings is 1. The Bertz CT molecular complexity index is 900. The fourth-order valence-corrected chi connectivity index (χ4v) is 2.58. The predicted molar refractivity (Wildman–Crippen MR) is 97.3 cm³/mol. The van der Waals surface area contributed by atoms with Gasteiger partial charge in [-0.2, -0.15) is 0 Å². The van der Waals surface area contributed by atoms with Gasteiger partial charge in [-0.15, -0.1) is 5.10 Å². The van der Waals surface area contributed by atoms with Crippen molar-refractivity contribution in [2.24, 2.45) is 0 Å². The maximum Gasteiger partial charge on any atom is 0.232 e. The summed E-state index contributed by atoms with van der Waals surface area (Å²) in [6.45, 7) is 6.25. The number of rotatable bonds is 5. The second kappa shape index (κ2) is 7.15. The molecule has 2 aromatic heterocycles. The summed E-state index contributed by atoms with van der Waals surface area (Å²) < 4.78 is 26.7. The molecule has 0 fully saturated rings. The smallest absolute Gasteiger partial charge is 0.232 e. The van der Waals surface area contributed by atoms with Gasteiger partial charge in [0.15, 0.2) is 5.82 Å². The zero-order valence-corrected chi connectivity index (χ0v) is 15.4. The van der Waals surface area contributed by atoms with Crippen molar-refractivity contribution < 1.29 is 13.9 Å². The Morgan fingerprint density at radius 2 is 1.92 bits per heavy atom. The van der Waals surface area contributed by atoms with Gasteiger partial charge in [-0.1, -0.05) is 26.8 Å². The molecule has 0 radical (unpaired) electrons. The summed E-state index contributed by atoms with van der Waals surface area (Å²) in [4.78, 5) is 4.29. The SMILES string of the molecule is COc1ccn(-c2cc(COc3ccc(C(C)(C)C)c(F)c3)ccn2)n1. The number of pyridine rings is 1. The van der Waals surface area contributed by atoms with E-state index in [4.69, 9.17) is 9.47 Å². The molecule has 0 atom stereocenters. The molecule has 3 aromatic rings. The maximum atomic E-state index is 14.3. The van der Waals surface area contributed by atoms with Crippen LogP contribution in [-0.4, -0.2) is 21.9 Å². The second-order valence-electron chi connectivity index (χ2n) is 7.01. The minimum Gasteiger partial charge on any atom is -0.489 e. The molecule has 0 bridgehead atoms. The van der Waals surface area contributed by atoms with Crippen LogP contribution in [0.2, 0.25) is 0 Å². The van der Waals surface area contributed by atoms with Crippen LogP contribution < -0.4 is 9.47 Å². The molecule has 136 valence electrons. The normalized spacial score (nSPS) is 11.4. The third-order valence-electron chi connectivity index (χ3n) is 3.97. The van der Waals surface area contributed by atoms with E-state index in [1.165, 1.54) is 6.07 Å². The average molecular weight is 355 g/mol. The summed E-state index contributed by atoms with van der Waals surface area (Å²) in [5.74, 6) is 1.41. The van der Waals surface area contributed by atoms with Gasteiger partial charge < -0.3 is 9.47 Å². The second-order valence-corrected chi connectivity index (χ2v) is 7.01. The molecule has 0 aliphatic rings. The fraction of sp³-hybridized carbons (Fsp3) is 0.300. The molecule has 5 nitrogen and oxygen atoms in total. The summed E-state index contributed by atoms with van der Waals surface area (Å²) in [5, 5.41) is 4.24. The standard InChI is InChI=1S/C20H22FN3O2/c1-20(2,3)16-6-5-15(12-17(16)21)26-13-14-7-9-22-18(11-14)24-10-8-19(23-24)25-4/h5-12H,13H2,1-4H3. The van der Waals surface area contributed by atoms with E-state index in [1.54, 1.807) is 42.4 Å². The van der Waals surface area contributed by atoms with Gasteiger partial charge in [-0.3, -0.25) is 0 Å². The monoisotopic (exact) mass is 355 g/mol. The lowest BCUT2D eigenvalue weighted by atomic mass is 9.87. The average Bonchev–Trinajstić information content (AvgIpc) is 3.08. The highest BCUT2D eigenvalue weighted by atomic mass is 19.1. The van der Waals surface area contributed by atoms with Crippen LogP contribution in [0, 0.1) is 5.82 Å². The van der Waals surface area contributed by atoms with Gasteiger partial charge in [-0.05, 0) is 34.7 Å². The van der Waals surface area contributed by atoms with Crippen LogP contribution in [0.15, 0.2) is 48.8 Å². The number of halogens is 1. The van der Waals surface area contributed by atoms with E-state index in [0.717, 1.165) is 5.56 Å². The number of nitrogens with zero attached hydrogens (tertiary/aromatic N) is 3. The van der Waals surface area contributed by atoms with Gasteiger partial charge in [0.1, 0.15) is 18.2 Å². The van der Waals surface area contributed by atoms with Gasteiger partial charge in [0, 0.05) is 24.5 Å². The van der Waals surface area contributed by atoms with Crippen LogP contribution in [-0.2, 0) is 12.0 Å². The lowest BCUT2D eigenvalue weighted by Crippen LogP contribution is -2.13. The molecule has 0 saturated heterocycles. The van der Waals surface area contributed by atoms with Crippen LogP contribution >= 0.6 is 0 Å². The van der Waals surface area contributed by atoms with Crippen LogP contribution in [0.1, 0.15) is 31.9 Å². The summed E-state index contributed by atoms with van der Waals surface area (Å²) in [5.41, 5.74) is 1.33. The summed E-state index contributed by atoms with van der Waals surface area (Å²) in [7, 11) is 1.56. The van der Waals surface area contributed by atoms with E-state index in [9.17, 15) is 4.39 Å². The Balaban J connectivity index is 1.72. The molecule has 0 saturated carbocycles. The van der Waals surface area contributed by atoms with Crippen molar-refractivity contribution in [3.63, 3.8) is 0 Å². The van der Waals surface area contributed by atoms with Crippen molar-refractivity contribution in [2.75, 3.05) is 7.11 Å². The molecule has 0 amide bonds. The minimum atomic E-state index is -0.256. The zero-order valence-electron chi connectivity index (χ0n) is 15.4. The van der Waals surface area contributed by atoms with Gasteiger partial charge in [0.25, 0.3) is 0 Å². The Kier molecular flexibility index (Phi) is 4.93. The molecule has 0 aliphatic heterocycles. The van der Waals surface area contributed by atoms with E-state index in [-0.39, 0.29) is 11.2 Å². The summed E-state index contributed by atoms with van der Waals surface area (Å²) >= 11 is 0. The van der Waals surface area contributed by atoms with Crippen LogP contribution in [0.3, 0.4) is 0 Å². The number of methoxy groups -OCH3 is 1. The largest absolute Gasteiger partial charge is 0.489 e. The van der Waals surface area contributed by atoms with Crippen molar-refractivity contribution in [2.45, 2.75) is 32.8 Å². The zero-order chi connectivity index (χ0) is 18.7. The molecule has 26 heavy (non-hydrogen) atoms. The van der Waals surface area contributed by atoms with Crippen molar-refractivity contribution in [1.82, 2.24) is 14.8 Å². The molecule has 0 N–H and O–H groups in total. The van der Waals surface area contributed by atoms with E-state index in [2.05, 4.69) is 10.1 Å². The molecule has 1 aromatic carbocycles. The van der Waals surface area contributed by atoms with E-state index in [0.29, 0.717) is 29.6 Å². The molecular weight excluding hydrogens is 333 g/mol. The summed E-state index contributed by atoms with van der Waals surface area (Å²) in [6, 6.07) is 10.5. The maximum absolute atomic E-state index is 14.3. The Labute approximate surface area is 152 Å². The Morgan fingerprint density at radius 3 is 2.58 bits per heavy atom. The molecular formula is C20H22FN3O2. The third kappa shape index (κ3) is 4.02. The van der Waals surface area contributed by atoms with Gasteiger partial charge in [-0.25, -0.2) is 14.1 Å². The first-order valence-electron chi connectivity index (χ1n) is 8.34. The number of hydrogen-bond donors (Lipinski definition) is 0. The first-order valence-corrected chi connectivity index (χ1v) is 8.34. The molecule has 3 rings (SSSR count). The Hall–Kier alpha value is -2.89. The molecule has 6 heteroatoms. The first kappa shape index (κ1) is 17.9. The highest BCUT2D eigenvalue weighted by Gasteiger charge is 2.18. The lowest BCUT2D eigenvalue weighted by molar-refractivity contribution is 0.303. The minimum absolute atomic E-state index is 0.243. The van der Waals surface area contributed by atoms with Crippen LogP contribution in [0.25, 0.3) is 5.82 Å². The van der Waals surface area contributed by atoms with Crippen LogP contribution in [0.5, 0.6) is 11.6 Å². The lowest BCUT2D eigenvalue weighted by Gasteiger charge is -2.20. The van der Waals surface area contributed by atoms with E-state index in [1.807, 2.05) is 32.9 Å². The number of ether oxygens (including phenoxy) is 2. The van der Waals surface area contributed by atoms with Gasteiger partial charge in [0.2, 0.25) is 5.88 Å². The van der Waals surface area contributed by atoms with Gasteiger partial charge in [0.05, 0.1) is 7.11 Å². The number of aromatic nitrogens is 3. The van der Waals surface area contributed by atoms with Crippen molar-refractivity contribution in [3.8, 4) is 17.4 Å². The number of hydrogen-bond acceptors (Lipinski definition) is 4. The molecule has 2 heterocycles. The van der Waals surface area contributed by atoms with Crippen LogP contribution in [0.4, 0.5) is 4.39 Å². The highest BCUT2D eigenvalue weighted by Crippen LogP contribution is 2.28. The van der Waals surface area contributed by atoms with Crippen molar-refractivity contribution >= 4 is 0 Å². The highest BCUT2D eigenvalue weighted by molar-refractivity contribution is 5.33. The molecule has 0 unspecified atom stereocenters. The third-order valence-corrected chi connectivity index (χ3v) is 3.97. The van der Waals surface area contributed by atoms with E-state index < -0.39 is 0 Å². The topological polar surface area (TPSA) is 49.2 Å². The quantitative estimate of drug-likeness (QED) is 0.685. The Morgan fingerprint density at radius 1 is 1.12 bits per heavy atom. The van der Waals surface area contributed by atoms with Crippen molar-refractivity contribution in [1.29, 1.82) is 0 Å². The fourth-order valence-electron chi connectivity index (χ4n) is 2.58. The molecule has 0 spiro atoms. The first-order chi connectivity index (χ1) is 12.4. The van der Waals surface area contributed by atoms with Crippen molar-refractivity contribution in [3.05, 3.63) is 65.7 Å². The summed E-state index contributed by atoms with van der Waals surface area (Å²) in [6.07, 6.45) is 3.46. The van der Waals surface area contributed by atoms with E-state index >= 15 is 0 Å². The predicted octanol–water partition coefficient (Wildman–Crippen LogP) is 4.29. The molecule has 0 aliphatic carbocycles. The van der Waals surface area contributed by atoms with Gasteiger partial charge >= 0.3 is 0 Å².